The van der Waals surface area contributed by atoms with Gasteiger partial charge in [0, 0.05) is 0 Å². The normalized spacial score (nSPS) is 30.4. The molecule has 3 rings (SSSR count). The molecular weight excluding hydrogens is 274 g/mol. The maximum atomic E-state index is 11.9. The Bertz CT molecular complexity index is 566. The number of amides is 1. The lowest BCUT2D eigenvalue weighted by atomic mass is 10.2. The lowest BCUT2D eigenvalue weighted by molar-refractivity contribution is -0.130. The molecule has 0 N–H and O–H groups in total. The van der Waals surface area contributed by atoms with Crippen LogP contribution in [0.4, 0.5) is 0 Å². The predicted octanol–water partition coefficient (Wildman–Crippen LogP) is 0.870. The van der Waals surface area contributed by atoms with Gasteiger partial charge in [-0.2, -0.15) is 0 Å². The molecule has 2 aliphatic heterocycles. The lowest BCUT2D eigenvalue weighted by Crippen LogP contribution is -2.44. The molecule has 0 unspecified atom stereocenters. The van der Waals surface area contributed by atoms with E-state index in [0.717, 1.165) is 0 Å². The summed E-state index contributed by atoms with van der Waals surface area (Å²) < 4.78 is 28.6. The Hall–Kier alpha value is -0.950. The van der Waals surface area contributed by atoms with Gasteiger partial charge in [0.05, 0.1) is 30.1 Å². The molecule has 3 heterocycles. The first-order valence-electron chi connectivity index (χ1n) is 5.68. The molecule has 0 aliphatic carbocycles. The molecule has 1 atom stereocenters. The van der Waals surface area contributed by atoms with E-state index in [1.165, 1.54) is 11.8 Å². The van der Waals surface area contributed by atoms with Crippen molar-refractivity contribution in [2.24, 2.45) is 0 Å². The van der Waals surface area contributed by atoms with Crippen molar-refractivity contribution < 1.29 is 17.6 Å². The van der Waals surface area contributed by atoms with Crippen molar-refractivity contribution in [1.82, 2.24) is 4.90 Å². The highest BCUT2D eigenvalue weighted by atomic mass is 32.2. The van der Waals surface area contributed by atoms with Gasteiger partial charge in [-0.05, 0) is 18.6 Å². The zero-order valence-corrected chi connectivity index (χ0v) is 11.3. The third-order valence-electron chi connectivity index (χ3n) is 3.40. The number of carbonyl (C=O) groups excluding carboxylic acids is 1. The van der Waals surface area contributed by atoms with Crippen molar-refractivity contribution in [2.75, 3.05) is 17.3 Å². The smallest absolute Gasteiger partial charge is 0.234 e. The first-order valence-corrected chi connectivity index (χ1v) is 8.49. The molecule has 1 spiro atoms. The van der Waals surface area contributed by atoms with E-state index >= 15 is 0 Å². The number of sulfone groups is 1. The highest BCUT2D eigenvalue weighted by molar-refractivity contribution is 8.03. The van der Waals surface area contributed by atoms with Gasteiger partial charge in [0.1, 0.15) is 10.6 Å². The van der Waals surface area contributed by atoms with Crippen molar-refractivity contribution in [1.29, 1.82) is 0 Å². The van der Waals surface area contributed by atoms with Gasteiger partial charge >= 0.3 is 0 Å². The maximum absolute atomic E-state index is 11.9. The lowest BCUT2D eigenvalue weighted by Gasteiger charge is -2.32. The van der Waals surface area contributed by atoms with Crippen LogP contribution in [0.1, 0.15) is 12.2 Å². The Morgan fingerprint density at radius 2 is 2.33 bits per heavy atom. The van der Waals surface area contributed by atoms with Gasteiger partial charge in [-0.1, -0.05) is 0 Å². The van der Waals surface area contributed by atoms with E-state index in [1.54, 1.807) is 23.3 Å². The third kappa shape index (κ3) is 1.95. The van der Waals surface area contributed by atoms with Crippen LogP contribution < -0.4 is 0 Å². The monoisotopic (exact) mass is 287 g/mol. The van der Waals surface area contributed by atoms with Crippen molar-refractivity contribution in [3.63, 3.8) is 0 Å². The Kier molecular flexibility index (Phi) is 2.71. The van der Waals surface area contributed by atoms with Gasteiger partial charge in [-0.25, -0.2) is 8.42 Å². The minimum Gasteiger partial charge on any atom is -0.467 e. The number of hydrogen-bond donors (Lipinski definition) is 0. The van der Waals surface area contributed by atoms with Gasteiger partial charge in [0.2, 0.25) is 5.91 Å². The summed E-state index contributed by atoms with van der Waals surface area (Å²) in [4.78, 5) is 13.0. The second kappa shape index (κ2) is 4.03. The van der Waals surface area contributed by atoms with E-state index in [9.17, 15) is 13.2 Å². The van der Waals surface area contributed by atoms with Crippen molar-refractivity contribution in [2.45, 2.75) is 17.8 Å². The number of carbonyl (C=O) groups is 1. The van der Waals surface area contributed by atoms with Crippen LogP contribution in [0.25, 0.3) is 0 Å². The molecule has 0 bridgehead atoms. The molecule has 1 aromatic heterocycles. The molecule has 98 valence electrons. The Balaban J connectivity index is 1.88. The molecule has 1 aromatic rings. The van der Waals surface area contributed by atoms with E-state index in [1.807, 2.05) is 0 Å². The van der Waals surface area contributed by atoms with Gasteiger partial charge in [0.25, 0.3) is 0 Å². The van der Waals surface area contributed by atoms with E-state index < -0.39 is 14.7 Å². The van der Waals surface area contributed by atoms with Crippen LogP contribution in [0.3, 0.4) is 0 Å². The number of rotatable bonds is 2. The fourth-order valence-electron chi connectivity index (χ4n) is 2.50. The number of hydrogen-bond acceptors (Lipinski definition) is 5. The van der Waals surface area contributed by atoms with Gasteiger partial charge in [-0.15, -0.1) is 11.8 Å². The highest BCUT2D eigenvalue weighted by Gasteiger charge is 2.53. The largest absolute Gasteiger partial charge is 0.467 e. The minimum atomic E-state index is -3.02. The first-order chi connectivity index (χ1) is 8.51. The predicted molar refractivity (Wildman–Crippen MR) is 67.7 cm³/mol. The summed E-state index contributed by atoms with van der Waals surface area (Å²) in [5.41, 5.74) is 0. The molecule has 1 amide bonds. The van der Waals surface area contributed by atoms with Crippen LogP contribution in [-0.2, 0) is 21.2 Å². The van der Waals surface area contributed by atoms with E-state index in [4.69, 9.17) is 4.42 Å². The van der Waals surface area contributed by atoms with E-state index in [-0.39, 0.29) is 17.4 Å². The zero-order valence-electron chi connectivity index (χ0n) is 9.66. The molecule has 2 saturated heterocycles. The summed E-state index contributed by atoms with van der Waals surface area (Å²) in [6, 6.07) is 3.56. The summed E-state index contributed by atoms with van der Waals surface area (Å²) in [6.07, 6.45) is 2.08. The molecule has 2 aliphatic rings. The summed E-state index contributed by atoms with van der Waals surface area (Å²) >= 11 is 1.45. The summed E-state index contributed by atoms with van der Waals surface area (Å²) in [5.74, 6) is 1.28. The molecular formula is C11H13NO4S2. The van der Waals surface area contributed by atoms with Crippen LogP contribution in [0.2, 0.25) is 0 Å². The van der Waals surface area contributed by atoms with Crippen LogP contribution in [0.15, 0.2) is 22.8 Å². The second-order valence-corrected chi connectivity index (χ2v) is 8.16. The van der Waals surface area contributed by atoms with Crippen LogP contribution in [0.5, 0.6) is 0 Å². The number of thioether (sulfide) groups is 1. The van der Waals surface area contributed by atoms with Crippen LogP contribution >= 0.6 is 11.8 Å². The summed E-state index contributed by atoms with van der Waals surface area (Å²) in [5, 5.41) is 0. The molecule has 18 heavy (non-hydrogen) atoms. The van der Waals surface area contributed by atoms with Gasteiger partial charge < -0.3 is 9.32 Å². The van der Waals surface area contributed by atoms with E-state index in [0.29, 0.717) is 24.5 Å². The average Bonchev–Trinajstić information content (AvgIpc) is 2.97. The standard InChI is InChI=1S/C11H13NO4S2/c13-10-7-17-11(3-5-18(14,15)8-11)12(10)6-9-2-1-4-16-9/h1-2,4H,3,5-8H2/t11-/m0/s1. The third-order valence-corrected chi connectivity index (χ3v) is 6.82. The average molecular weight is 287 g/mol. The molecule has 0 saturated carbocycles. The Morgan fingerprint density at radius 3 is 2.94 bits per heavy atom. The van der Waals surface area contributed by atoms with Gasteiger partial charge in [-0.3, -0.25) is 4.79 Å². The summed E-state index contributed by atoms with van der Waals surface area (Å²) in [7, 11) is -3.02. The van der Waals surface area contributed by atoms with Crippen LogP contribution in [0, 0.1) is 0 Å². The maximum Gasteiger partial charge on any atom is 0.234 e. The zero-order chi connectivity index (χ0) is 12.8. The Morgan fingerprint density at radius 1 is 1.50 bits per heavy atom. The van der Waals surface area contributed by atoms with Crippen molar-refractivity contribution in [3.8, 4) is 0 Å². The molecule has 0 aromatic carbocycles. The second-order valence-electron chi connectivity index (χ2n) is 4.64. The topological polar surface area (TPSA) is 67.6 Å². The van der Waals surface area contributed by atoms with Crippen LogP contribution in [-0.4, -0.2) is 41.4 Å². The molecule has 7 heteroatoms. The van der Waals surface area contributed by atoms with Crippen molar-refractivity contribution >= 4 is 27.5 Å². The summed E-state index contributed by atoms with van der Waals surface area (Å²) in [6.45, 7) is 0.356. The Labute approximate surface area is 109 Å². The fraction of sp³-hybridized carbons (Fsp3) is 0.545. The molecule has 5 nitrogen and oxygen atoms in total. The van der Waals surface area contributed by atoms with E-state index in [2.05, 4.69) is 0 Å². The van der Waals surface area contributed by atoms with Crippen molar-refractivity contribution in [3.05, 3.63) is 24.2 Å². The molecule has 0 radical (unpaired) electrons. The molecule has 2 fully saturated rings. The SMILES string of the molecule is O=C1CS[C@]2(CCS(=O)(=O)C2)N1Cc1ccco1. The quantitative estimate of drug-likeness (QED) is 0.807. The number of furan rings is 1. The van der Waals surface area contributed by atoms with Gasteiger partial charge in [0.15, 0.2) is 9.84 Å². The first kappa shape index (κ1) is 12.1. The minimum absolute atomic E-state index is 0.00602. The highest BCUT2D eigenvalue weighted by Crippen LogP contribution is 2.45. The fourth-order valence-corrected chi connectivity index (χ4v) is 6.40. The number of nitrogens with zero attached hydrogens (tertiary/aromatic N) is 1.